The highest BCUT2D eigenvalue weighted by molar-refractivity contribution is 5.96. The fourth-order valence-corrected chi connectivity index (χ4v) is 2.05. The van der Waals surface area contributed by atoms with Gasteiger partial charge >= 0.3 is 5.97 Å². The van der Waals surface area contributed by atoms with E-state index < -0.39 is 12.1 Å². The number of benzene rings is 2. The van der Waals surface area contributed by atoms with Gasteiger partial charge in [0.05, 0.1) is 12.7 Å². The summed E-state index contributed by atoms with van der Waals surface area (Å²) in [5, 5.41) is 2.76. The minimum atomic E-state index is -0.612. The van der Waals surface area contributed by atoms with Crippen LogP contribution in [0.2, 0.25) is 0 Å². The summed E-state index contributed by atoms with van der Waals surface area (Å²) >= 11 is 0. The second-order valence-electron chi connectivity index (χ2n) is 4.89. The van der Waals surface area contributed by atoms with E-state index in [1.807, 2.05) is 25.1 Å². The molecule has 5 heteroatoms. The van der Waals surface area contributed by atoms with Gasteiger partial charge in [-0.3, -0.25) is 4.79 Å². The zero-order valence-electron chi connectivity index (χ0n) is 13.1. The first-order chi connectivity index (χ1) is 11.1. The fraction of sp³-hybridized carbons (Fsp3) is 0.222. The van der Waals surface area contributed by atoms with Crippen molar-refractivity contribution in [2.75, 3.05) is 12.4 Å². The molecule has 0 fully saturated rings. The Morgan fingerprint density at radius 1 is 1.09 bits per heavy atom. The lowest BCUT2D eigenvalue weighted by Gasteiger charge is -2.17. The van der Waals surface area contributed by atoms with Gasteiger partial charge in [0.15, 0.2) is 6.10 Å². The smallest absolute Gasteiger partial charge is 0.337 e. The van der Waals surface area contributed by atoms with E-state index in [4.69, 9.17) is 4.74 Å². The summed E-state index contributed by atoms with van der Waals surface area (Å²) in [6.07, 6.45) is -0.0866. The second-order valence-corrected chi connectivity index (χ2v) is 4.89. The van der Waals surface area contributed by atoms with Crippen LogP contribution in [0, 0.1) is 0 Å². The number of hydrogen-bond acceptors (Lipinski definition) is 4. The van der Waals surface area contributed by atoms with Gasteiger partial charge in [-0.2, -0.15) is 0 Å². The number of methoxy groups -OCH3 is 1. The van der Waals surface area contributed by atoms with Crippen molar-refractivity contribution in [1.29, 1.82) is 0 Å². The van der Waals surface area contributed by atoms with E-state index >= 15 is 0 Å². The molecule has 1 N–H and O–H groups in total. The van der Waals surface area contributed by atoms with Crippen LogP contribution in [0.1, 0.15) is 23.7 Å². The molecule has 0 unspecified atom stereocenters. The maximum Gasteiger partial charge on any atom is 0.337 e. The number of ether oxygens (including phenoxy) is 2. The summed E-state index contributed by atoms with van der Waals surface area (Å²) in [7, 11) is 1.31. The Balaban J connectivity index is 2.06. The van der Waals surface area contributed by atoms with Gasteiger partial charge in [-0.15, -0.1) is 0 Å². The first kappa shape index (κ1) is 16.5. The molecule has 0 saturated heterocycles. The molecule has 0 radical (unpaired) electrons. The number of amides is 1. The Kier molecular flexibility index (Phi) is 5.74. The molecule has 0 aliphatic carbocycles. The van der Waals surface area contributed by atoms with Gasteiger partial charge in [-0.05, 0) is 36.8 Å². The summed E-state index contributed by atoms with van der Waals surface area (Å²) in [5.74, 6) is -0.0788. The number of carbonyl (C=O) groups is 2. The van der Waals surface area contributed by atoms with Crippen molar-refractivity contribution in [2.24, 2.45) is 0 Å². The molecule has 0 heterocycles. The van der Waals surface area contributed by atoms with Crippen LogP contribution in [-0.2, 0) is 9.53 Å². The molecule has 0 aromatic heterocycles. The summed E-state index contributed by atoms with van der Waals surface area (Å²) < 4.78 is 10.4. The Hall–Kier alpha value is -2.82. The number of nitrogens with one attached hydrogen (secondary N) is 1. The molecule has 120 valence electrons. The quantitative estimate of drug-likeness (QED) is 0.831. The Bertz CT molecular complexity index is 670. The molecule has 5 nitrogen and oxygen atoms in total. The van der Waals surface area contributed by atoms with Gasteiger partial charge in [-0.25, -0.2) is 4.79 Å². The minimum Gasteiger partial charge on any atom is -0.481 e. The first-order valence-electron chi connectivity index (χ1n) is 7.35. The molecular formula is C18H19NO4. The second kappa shape index (κ2) is 7.98. The molecule has 0 spiro atoms. The van der Waals surface area contributed by atoms with Gasteiger partial charge in [0.25, 0.3) is 5.91 Å². The zero-order valence-corrected chi connectivity index (χ0v) is 13.1. The summed E-state index contributed by atoms with van der Waals surface area (Å²) in [6, 6.07) is 15.8. The van der Waals surface area contributed by atoms with Crippen LogP contribution < -0.4 is 10.1 Å². The third-order valence-corrected chi connectivity index (χ3v) is 3.24. The van der Waals surface area contributed by atoms with E-state index in [9.17, 15) is 9.59 Å². The van der Waals surface area contributed by atoms with Crippen molar-refractivity contribution >= 4 is 17.6 Å². The average Bonchev–Trinajstić information content (AvgIpc) is 2.60. The number of anilines is 1. The molecule has 0 aliphatic heterocycles. The molecule has 1 atom stereocenters. The van der Waals surface area contributed by atoms with Gasteiger partial charge in [0.1, 0.15) is 5.75 Å². The summed E-state index contributed by atoms with van der Waals surface area (Å²) in [4.78, 5) is 23.9. The van der Waals surface area contributed by atoms with E-state index in [1.165, 1.54) is 7.11 Å². The lowest BCUT2D eigenvalue weighted by molar-refractivity contribution is -0.122. The number of carbonyl (C=O) groups excluding carboxylic acids is 2. The van der Waals surface area contributed by atoms with E-state index in [2.05, 4.69) is 10.1 Å². The molecule has 0 bridgehead atoms. The highest BCUT2D eigenvalue weighted by Gasteiger charge is 2.19. The van der Waals surface area contributed by atoms with E-state index in [0.717, 1.165) is 0 Å². The topological polar surface area (TPSA) is 64.6 Å². The number of hydrogen-bond donors (Lipinski definition) is 1. The Morgan fingerprint density at radius 3 is 2.48 bits per heavy atom. The zero-order chi connectivity index (χ0) is 16.7. The van der Waals surface area contributed by atoms with Crippen LogP contribution in [-0.4, -0.2) is 25.1 Å². The predicted octanol–water partition coefficient (Wildman–Crippen LogP) is 3.27. The Morgan fingerprint density at radius 2 is 1.83 bits per heavy atom. The summed E-state index contributed by atoms with van der Waals surface area (Å²) in [5.41, 5.74) is 0.898. The average molecular weight is 313 g/mol. The number of rotatable bonds is 6. The lowest BCUT2D eigenvalue weighted by Crippen LogP contribution is -2.32. The maximum absolute atomic E-state index is 12.3. The van der Waals surface area contributed by atoms with Gasteiger partial charge < -0.3 is 14.8 Å². The van der Waals surface area contributed by atoms with Crippen LogP contribution >= 0.6 is 0 Å². The molecule has 23 heavy (non-hydrogen) atoms. The van der Waals surface area contributed by atoms with Crippen LogP contribution in [0.25, 0.3) is 0 Å². The van der Waals surface area contributed by atoms with Crippen LogP contribution in [0.5, 0.6) is 5.75 Å². The monoisotopic (exact) mass is 313 g/mol. The highest BCUT2D eigenvalue weighted by Crippen LogP contribution is 2.16. The van der Waals surface area contributed by atoms with Crippen molar-refractivity contribution in [1.82, 2.24) is 0 Å². The predicted molar refractivity (Wildman–Crippen MR) is 87.6 cm³/mol. The van der Waals surface area contributed by atoms with Crippen LogP contribution in [0.3, 0.4) is 0 Å². The molecule has 2 rings (SSSR count). The summed E-state index contributed by atoms with van der Waals surface area (Å²) in [6.45, 7) is 1.87. The van der Waals surface area contributed by atoms with Crippen LogP contribution in [0.4, 0.5) is 5.69 Å². The highest BCUT2D eigenvalue weighted by atomic mass is 16.5. The van der Waals surface area contributed by atoms with Crippen LogP contribution in [0.15, 0.2) is 54.6 Å². The van der Waals surface area contributed by atoms with E-state index in [1.54, 1.807) is 36.4 Å². The lowest BCUT2D eigenvalue weighted by atomic mass is 10.2. The standard InChI is InChI=1S/C18H19NO4/c1-3-16(23-15-10-5-4-6-11-15)17(20)19-14-9-7-8-13(12-14)18(21)22-2/h4-12,16H,3H2,1-2H3,(H,19,20)/t16-/m0/s1. The minimum absolute atomic E-state index is 0.265. The van der Waals surface area contributed by atoms with Gasteiger partial charge in [0, 0.05) is 5.69 Å². The first-order valence-corrected chi connectivity index (χ1v) is 7.35. The third kappa shape index (κ3) is 4.57. The molecule has 0 saturated carbocycles. The normalized spacial score (nSPS) is 11.4. The van der Waals surface area contributed by atoms with Gasteiger partial charge in [-0.1, -0.05) is 31.2 Å². The van der Waals surface area contributed by atoms with E-state index in [0.29, 0.717) is 23.4 Å². The molecule has 1 amide bonds. The van der Waals surface area contributed by atoms with Crippen molar-refractivity contribution < 1.29 is 19.1 Å². The molecule has 2 aromatic rings. The van der Waals surface area contributed by atoms with Crippen molar-refractivity contribution in [3.63, 3.8) is 0 Å². The Labute approximate surface area is 135 Å². The third-order valence-electron chi connectivity index (χ3n) is 3.24. The SMILES string of the molecule is CC[C@H](Oc1ccccc1)C(=O)Nc1cccc(C(=O)OC)c1. The molecule has 2 aromatic carbocycles. The van der Waals surface area contributed by atoms with Crippen molar-refractivity contribution in [3.05, 3.63) is 60.2 Å². The fourth-order valence-electron chi connectivity index (χ4n) is 2.05. The maximum atomic E-state index is 12.3. The van der Waals surface area contributed by atoms with E-state index in [-0.39, 0.29) is 5.91 Å². The van der Waals surface area contributed by atoms with Crippen molar-refractivity contribution in [2.45, 2.75) is 19.4 Å². The van der Waals surface area contributed by atoms with Gasteiger partial charge in [0.2, 0.25) is 0 Å². The molecule has 0 aliphatic rings. The van der Waals surface area contributed by atoms with Crippen molar-refractivity contribution in [3.8, 4) is 5.75 Å². The largest absolute Gasteiger partial charge is 0.481 e. The number of esters is 1. The number of para-hydroxylation sites is 1. The molecular weight excluding hydrogens is 294 g/mol.